The van der Waals surface area contributed by atoms with Crippen LogP contribution in [0.3, 0.4) is 0 Å². The molecule has 1 unspecified atom stereocenters. The number of rotatable bonds is 4. The molecule has 2 N–H and O–H groups in total. The largest absolute Gasteiger partial charge is 0.467 e. The maximum absolute atomic E-state index is 11.7. The fourth-order valence-electron chi connectivity index (χ4n) is 1.12. The molecule has 0 fully saturated rings. The van der Waals surface area contributed by atoms with Gasteiger partial charge >= 0.3 is 5.97 Å². The predicted octanol–water partition coefficient (Wildman–Crippen LogP) is -0.00130. The van der Waals surface area contributed by atoms with Gasteiger partial charge in [-0.3, -0.25) is 9.78 Å². The van der Waals surface area contributed by atoms with Crippen LogP contribution in [0.4, 0.5) is 0 Å². The molecular weight excluding hydrogens is 248 g/mol. The first-order valence-electron chi connectivity index (χ1n) is 4.69. The molecule has 0 aliphatic rings. The van der Waals surface area contributed by atoms with E-state index in [1.165, 1.54) is 18.5 Å². The molecule has 1 aromatic heterocycles. The Balaban J connectivity index is 2.78. The first-order chi connectivity index (χ1) is 8.10. The van der Waals surface area contributed by atoms with Gasteiger partial charge in [-0.2, -0.15) is 0 Å². The van der Waals surface area contributed by atoms with Crippen molar-refractivity contribution in [2.75, 3.05) is 13.7 Å². The first-order valence-corrected chi connectivity index (χ1v) is 5.07. The summed E-state index contributed by atoms with van der Waals surface area (Å²) in [4.78, 5) is 26.6. The summed E-state index contributed by atoms with van der Waals surface area (Å²) in [6.45, 7) is -0.554. The van der Waals surface area contributed by atoms with E-state index in [4.69, 9.17) is 16.7 Å². The van der Waals surface area contributed by atoms with Gasteiger partial charge in [0, 0.05) is 12.4 Å². The minimum absolute atomic E-state index is 0.159. The van der Waals surface area contributed by atoms with Crippen LogP contribution < -0.4 is 5.32 Å². The smallest absolute Gasteiger partial charge is 0.330 e. The molecule has 0 aromatic carbocycles. The van der Waals surface area contributed by atoms with Crippen LogP contribution in [-0.4, -0.2) is 41.7 Å². The fraction of sp³-hybridized carbons (Fsp3) is 0.300. The van der Waals surface area contributed by atoms with E-state index in [9.17, 15) is 9.59 Å². The highest BCUT2D eigenvalue weighted by Gasteiger charge is 2.22. The average molecular weight is 259 g/mol. The van der Waals surface area contributed by atoms with Gasteiger partial charge in [-0.05, 0) is 6.07 Å². The number of aromatic nitrogens is 1. The summed E-state index contributed by atoms with van der Waals surface area (Å²) in [5.41, 5.74) is 0.170. The van der Waals surface area contributed by atoms with Crippen molar-refractivity contribution in [3.63, 3.8) is 0 Å². The summed E-state index contributed by atoms with van der Waals surface area (Å²) in [5, 5.41) is 11.4. The van der Waals surface area contributed by atoms with E-state index in [1.54, 1.807) is 0 Å². The lowest BCUT2D eigenvalue weighted by Crippen LogP contribution is -2.44. The molecule has 1 heterocycles. The van der Waals surface area contributed by atoms with E-state index in [1.807, 2.05) is 0 Å². The maximum atomic E-state index is 11.7. The highest BCUT2D eigenvalue weighted by molar-refractivity contribution is 6.33. The Morgan fingerprint density at radius 1 is 1.65 bits per heavy atom. The molecule has 1 aromatic rings. The number of pyridine rings is 1. The zero-order chi connectivity index (χ0) is 12.8. The Labute approximate surface area is 103 Å². The van der Waals surface area contributed by atoms with E-state index in [0.717, 1.165) is 7.11 Å². The van der Waals surface area contributed by atoms with Crippen molar-refractivity contribution in [3.05, 3.63) is 29.0 Å². The number of nitrogens with zero attached hydrogens (tertiary/aromatic N) is 1. The number of halogens is 1. The predicted molar refractivity (Wildman–Crippen MR) is 59.6 cm³/mol. The number of nitrogens with one attached hydrogen (secondary N) is 1. The molecular formula is C10H11ClN2O4. The zero-order valence-electron chi connectivity index (χ0n) is 9.01. The molecule has 0 bridgehead atoms. The van der Waals surface area contributed by atoms with Crippen LogP contribution in [0.1, 0.15) is 10.4 Å². The molecule has 6 nitrogen and oxygen atoms in total. The lowest BCUT2D eigenvalue weighted by atomic mass is 10.2. The van der Waals surface area contributed by atoms with Gasteiger partial charge in [0.05, 0.1) is 24.3 Å². The van der Waals surface area contributed by atoms with Crippen molar-refractivity contribution < 1.29 is 19.4 Å². The molecule has 0 aliphatic carbocycles. The fourth-order valence-corrected chi connectivity index (χ4v) is 1.32. The van der Waals surface area contributed by atoms with E-state index in [-0.39, 0.29) is 10.6 Å². The minimum atomic E-state index is -1.11. The van der Waals surface area contributed by atoms with Crippen LogP contribution in [0.2, 0.25) is 5.02 Å². The first kappa shape index (κ1) is 13.4. The number of hydrogen-bond donors (Lipinski definition) is 2. The number of aliphatic hydroxyl groups is 1. The van der Waals surface area contributed by atoms with Gasteiger partial charge in [0.15, 0.2) is 6.04 Å². The average Bonchev–Trinajstić information content (AvgIpc) is 2.35. The summed E-state index contributed by atoms with van der Waals surface area (Å²) in [5.74, 6) is -1.31. The lowest BCUT2D eigenvalue weighted by Gasteiger charge is -2.14. The number of hydrogen-bond acceptors (Lipinski definition) is 5. The van der Waals surface area contributed by atoms with E-state index >= 15 is 0 Å². The minimum Gasteiger partial charge on any atom is -0.467 e. The van der Waals surface area contributed by atoms with Gasteiger partial charge in [-0.25, -0.2) is 4.79 Å². The van der Waals surface area contributed by atoms with Crippen LogP contribution in [0.5, 0.6) is 0 Å². The van der Waals surface area contributed by atoms with Crippen LogP contribution >= 0.6 is 11.6 Å². The van der Waals surface area contributed by atoms with Gasteiger partial charge in [0.25, 0.3) is 5.91 Å². The third kappa shape index (κ3) is 3.40. The number of amides is 1. The van der Waals surface area contributed by atoms with Crippen molar-refractivity contribution in [2.45, 2.75) is 6.04 Å². The number of aliphatic hydroxyl groups excluding tert-OH is 1. The van der Waals surface area contributed by atoms with Crippen molar-refractivity contribution in [2.24, 2.45) is 0 Å². The van der Waals surface area contributed by atoms with E-state index in [2.05, 4.69) is 15.0 Å². The Kier molecular flexibility index (Phi) is 4.86. The molecule has 1 atom stereocenters. The monoisotopic (exact) mass is 258 g/mol. The highest BCUT2D eigenvalue weighted by Crippen LogP contribution is 2.13. The standard InChI is InChI=1S/C10H11ClN2O4/c1-17-10(16)8(5-14)13-9(15)6-2-3-12-4-7(6)11/h2-4,8,14H,5H2,1H3,(H,13,15). The molecule has 0 saturated heterocycles. The number of carbonyl (C=O) groups excluding carboxylic acids is 2. The summed E-state index contributed by atoms with van der Waals surface area (Å²) < 4.78 is 4.41. The quantitative estimate of drug-likeness (QED) is 0.742. The molecule has 17 heavy (non-hydrogen) atoms. The number of esters is 1. The molecule has 0 spiro atoms. The van der Waals surface area contributed by atoms with Crippen molar-refractivity contribution >= 4 is 23.5 Å². The molecule has 1 amide bonds. The van der Waals surface area contributed by atoms with Crippen LogP contribution in [0.25, 0.3) is 0 Å². The number of methoxy groups -OCH3 is 1. The summed E-state index contributed by atoms with van der Waals surface area (Å²) >= 11 is 5.76. The number of carbonyl (C=O) groups is 2. The van der Waals surface area contributed by atoms with Crippen LogP contribution in [0.15, 0.2) is 18.5 Å². The third-order valence-electron chi connectivity index (χ3n) is 1.99. The molecule has 0 aliphatic heterocycles. The Morgan fingerprint density at radius 2 is 2.35 bits per heavy atom. The Hall–Kier alpha value is -1.66. The number of ether oxygens (including phenoxy) is 1. The van der Waals surface area contributed by atoms with Gasteiger partial charge < -0.3 is 15.2 Å². The summed E-state index contributed by atoms with van der Waals surface area (Å²) in [7, 11) is 1.16. The Bertz CT molecular complexity index is 425. The van der Waals surface area contributed by atoms with Gasteiger partial charge in [0.1, 0.15) is 0 Å². The van der Waals surface area contributed by atoms with Gasteiger partial charge in [0.2, 0.25) is 0 Å². The second-order valence-corrected chi connectivity index (χ2v) is 3.49. The SMILES string of the molecule is COC(=O)C(CO)NC(=O)c1ccncc1Cl. The third-order valence-corrected chi connectivity index (χ3v) is 2.29. The second kappa shape index (κ2) is 6.17. The van der Waals surface area contributed by atoms with Crippen LogP contribution in [-0.2, 0) is 9.53 Å². The van der Waals surface area contributed by atoms with Crippen molar-refractivity contribution in [3.8, 4) is 0 Å². The summed E-state index contributed by atoms with van der Waals surface area (Å²) in [6, 6.07) is 0.292. The summed E-state index contributed by atoms with van der Waals surface area (Å²) in [6.07, 6.45) is 2.70. The van der Waals surface area contributed by atoms with Crippen molar-refractivity contribution in [1.82, 2.24) is 10.3 Å². The highest BCUT2D eigenvalue weighted by atomic mass is 35.5. The van der Waals surface area contributed by atoms with Crippen molar-refractivity contribution in [1.29, 1.82) is 0 Å². The molecule has 7 heteroatoms. The van der Waals surface area contributed by atoms with Gasteiger partial charge in [-0.15, -0.1) is 0 Å². The molecule has 0 saturated carbocycles. The van der Waals surface area contributed by atoms with E-state index < -0.39 is 24.5 Å². The second-order valence-electron chi connectivity index (χ2n) is 3.09. The Morgan fingerprint density at radius 3 is 2.88 bits per heavy atom. The van der Waals surface area contributed by atoms with E-state index in [0.29, 0.717) is 0 Å². The van der Waals surface area contributed by atoms with Gasteiger partial charge in [-0.1, -0.05) is 11.6 Å². The normalized spacial score (nSPS) is 11.7. The molecule has 0 radical (unpaired) electrons. The topological polar surface area (TPSA) is 88.5 Å². The molecule has 92 valence electrons. The molecule has 1 rings (SSSR count). The zero-order valence-corrected chi connectivity index (χ0v) is 9.77. The maximum Gasteiger partial charge on any atom is 0.330 e. The van der Waals surface area contributed by atoms with Crippen LogP contribution in [0, 0.1) is 0 Å². The lowest BCUT2D eigenvalue weighted by molar-refractivity contribution is -0.143.